The van der Waals surface area contributed by atoms with Crippen LogP contribution in [0.1, 0.15) is 46.8 Å². The van der Waals surface area contributed by atoms with Crippen molar-refractivity contribution in [3.05, 3.63) is 140 Å². The fourth-order valence-corrected chi connectivity index (χ4v) is 4.96. The van der Waals surface area contributed by atoms with Gasteiger partial charge in [-0.2, -0.15) is 0 Å². The second-order valence-electron chi connectivity index (χ2n) is 8.93. The molecule has 0 bridgehead atoms. The number of hydrogen-bond acceptors (Lipinski definition) is 2. The summed E-state index contributed by atoms with van der Waals surface area (Å²) in [6, 6.07) is 29.0. The number of nitrogens with zero attached hydrogens (tertiary/aromatic N) is 2. The van der Waals surface area contributed by atoms with Gasteiger partial charge >= 0.3 is 0 Å². The molecule has 0 spiro atoms. The lowest BCUT2D eigenvalue weighted by molar-refractivity contribution is 0.642. The number of rotatable bonds is 6. The summed E-state index contributed by atoms with van der Waals surface area (Å²) in [6.07, 6.45) is 0. The lowest BCUT2D eigenvalue weighted by Gasteiger charge is -2.23. The van der Waals surface area contributed by atoms with Gasteiger partial charge in [-0.25, -0.2) is 9.36 Å². The Morgan fingerprint density at radius 1 is 0.600 bits per heavy atom. The van der Waals surface area contributed by atoms with Crippen molar-refractivity contribution < 1.29 is 0 Å². The predicted molar refractivity (Wildman–Crippen MR) is 139 cm³/mol. The smallest absolute Gasteiger partial charge is 0.275 e. The second-order valence-corrected chi connectivity index (χ2v) is 8.93. The van der Waals surface area contributed by atoms with Crippen LogP contribution < -0.4 is 11.1 Å². The minimum atomic E-state index is -0.445. The van der Waals surface area contributed by atoms with Gasteiger partial charge in [0.25, 0.3) is 11.1 Å². The summed E-state index contributed by atoms with van der Waals surface area (Å²) >= 11 is 0. The van der Waals surface area contributed by atoms with Crippen LogP contribution in [-0.2, 0) is 0 Å². The molecule has 0 radical (unpaired) electrons. The van der Waals surface area contributed by atoms with Crippen LogP contribution >= 0.6 is 0 Å². The fraction of sp³-hybridized carbons (Fsp3) is 0.172. The number of nitrogens with one attached hydrogen (secondary N) is 2. The third kappa shape index (κ3) is 3.97. The topological polar surface area (TPSA) is 75.6 Å². The number of aromatic nitrogens is 4. The highest BCUT2D eigenvalue weighted by Crippen LogP contribution is 2.38. The van der Waals surface area contributed by atoms with Crippen molar-refractivity contribution in [2.24, 2.45) is 0 Å². The van der Waals surface area contributed by atoms with Gasteiger partial charge in [0, 0.05) is 28.4 Å². The highest BCUT2D eigenvalue weighted by atomic mass is 16.1. The van der Waals surface area contributed by atoms with Gasteiger partial charge in [-0.15, -0.1) is 0 Å². The highest BCUT2D eigenvalue weighted by molar-refractivity contribution is 5.43. The first kappa shape index (κ1) is 22.5. The van der Waals surface area contributed by atoms with Crippen LogP contribution in [0.15, 0.2) is 101 Å². The van der Waals surface area contributed by atoms with Crippen molar-refractivity contribution in [3.63, 3.8) is 0 Å². The van der Waals surface area contributed by atoms with Crippen LogP contribution in [0.25, 0.3) is 11.4 Å². The molecule has 35 heavy (non-hydrogen) atoms. The summed E-state index contributed by atoms with van der Waals surface area (Å²) in [6.45, 7) is 5.88. The standard InChI is InChI=1S/C29H28N4O2/c1-19(22-13-7-4-8-14-22)25(26-20(2)30-32(28(26)34)23-15-9-5-10-16-23)27-21(3)31-33(29(27)35)24-17-11-6-12-18-24/h4-19,25,30-31H,1-3H3. The minimum absolute atomic E-state index is 0.117. The first-order valence-electron chi connectivity index (χ1n) is 11.8. The first-order valence-corrected chi connectivity index (χ1v) is 11.8. The molecule has 0 aliphatic heterocycles. The predicted octanol–water partition coefficient (Wildman–Crippen LogP) is 5.20. The lowest BCUT2D eigenvalue weighted by Crippen LogP contribution is -2.27. The Kier molecular flexibility index (Phi) is 5.87. The van der Waals surface area contributed by atoms with E-state index >= 15 is 0 Å². The number of H-pyrrole nitrogens is 2. The molecule has 0 aliphatic carbocycles. The molecule has 1 unspecified atom stereocenters. The van der Waals surface area contributed by atoms with E-state index in [4.69, 9.17) is 0 Å². The van der Waals surface area contributed by atoms with E-state index in [1.165, 1.54) is 0 Å². The summed E-state index contributed by atoms with van der Waals surface area (Å²) in [5.41, 5.74) is 4.98. The molecular weight excluding hydrogens is 436 g/mol. The molecule has 6 nitrogen and oxygen atoms in total. The Bertz CT molecular complexity index is 1460. The molecule has 3 aromatic carbocycles. The van der Waals surface area contributed by atoms with Crippen molar-refractivity contribution in [2.45, 2.75) is 32.6 Å². The van der Waals surface area contributed by atoms with Gasteiger partial charge in [0.15, 0.2) is 0 Å². The molecule has 0 amide bonds. The normalized spacial score (nSPS) is 12.2. The summed E-state index contributed by atoms with van der Waals surface area (Å²) in [5, 5.41) is 6.50. The number of para-hydroxylation sites is 2. The highest BCUT2D eigenvalue weighted by Gasteiger charge is 2.34. The molecule has 1 atom stereocenters. The average molecular weight is 465 g/mol. The van der Waals surface area contributed by atoms with E-state index in [1.807, 2.05) is 105 Å². The summed E-state index contributed by atoms with van der Waals surface area (Å²) in [5.74, 6) is -0.561. The number of hydrogen-bond donors (Lipinski definition) is 2. The van der Waals surface area contributed by atoms with E-state index in [2.05, 4.69) is 17.1 Å². The average Bonchev–Trinajstić information content (AvgIpc) is 3.36. The molecule has 5 aromatic rings. The van der Waals surface area contributed by atoms with E-state index < -0.39 is 5.92 Å². The summed E-state index contributed by atoms with van der Waals surface area (Å²) in [7, 11) is 0. The summed E-state index contributed by atoms with van der Waals surface area (Å²) < 4.78 is 3.13. The Morgan fingerprint density at radius 3 is 1.37 bits per heavy atom. The van der Waals surface area contributed by atoms with Crippen molar-refractivity contribution in [1.82, 2.24) is 19.6 Å². The monoisotopic (exact) mass is 464 g/mol. The molecule has 2 aromatic heterocycles. The second kappa shape index (κ2) is 9.14. The zero-order chi connectivity index (χ0) is 24.5. The van der Waals surface area contributed by atoms with E-state index in [9.17, 15) is 9.59 Å². The third-order valence-corrected chi connectivity index (χ3v) is 6.71. The van der Waals surface area contributed by atoms with Gasteiger partial charge in [0.05, 0.1) is 11.4 Å². The Balaban J connectivity index is 1.75. The van der Waals surface area contributed by atoms with Gasteiger partial charge in [-0.05, 0) is 49.6 Å². The zero-order valence-electron chi connectivity index (χ0n) is 20.0. The Labute approximate surface area is 203 Å². The van der Waals surface area contributed by atoms with Crippen LogP contribution in [0, 0.1) is 13.8 Å². The first-order chi connectivity index (χ1) is 17.0. The molecule has 0 saturated carbocycles. The molecule has 2 N–H and O–H groups in total. The van der Waals surface area contributed by atoms with Crippen LogP contribution in [-0.4, -0.2) is 19.6 Å². The van der Waals surface area contributed by atoms with E-state index in [0.717, 1.165) is 28.3 Å². The van der Waals surface area contributed by atoms with Crippen LogP contribution in [0.3, 0.4) is 0 Å². The Morgan fingerprint density at radius 2 is 0.971 bits per heavy atom. The Hall–Kier alpha value is -4.32. The van der Waals surface area contributed by atoms with Crippen LogP contribution in [0.4, 0.5) is 0 Å². The molecule has 0 aliphatic rings. The van der Waals surface area contributed by atoms with Gasteiger partial charge in [0.1, 0.15) is 0 Å². The van der Waals surface area contributed by atoms with Crippen molar-refractivity contribution >= 4 is 0 Å². The van der Waals surface area contributed by atoms with Crippen molar-refractivity contribution in [3.8, 4) is 11.4 Å². The number of benzene rings is 3. The fourth-order valence-electron chi connectivity index (χ4n) is 4.96. The quantitative estimate of drug-likeness (QED) is 0.363. The molecule has 5 rings (SSSR count). The summed E-state index contributed by atoms with van der Waals surface area (Å²) in [4.78, 5) is 27.7. The zero-order valence-corrected chi connectivity index (χ0v) is 20.0. The van der Waals surface area contributed by atoms with Crippen LogP contribution in [0.2, 0.25) is 0 Å². The molecule has 6 heteroatoms. The van der Waals surface area contributed by atoms with Gasteiger partial charge in [0.2, 0.25) is 0 Å². The van der Waals surface area contributed by atoms with Crippen molar-refractivity contribution in [1.29, 1.82) is 0 Å². The SMILES string of the molecule is Cc1[nH]n(-c2ccccc2)c(=O)c1C(c1c(C)[nH]n(-c2ccccc2)c1=O)C(C)c1ccccc1. The number of aromatic amines is 2. The maximum absolute atomic E-state index is 13.9. The van der Waals surface area contributed by atoms with E-state index in [1.54, 1.807) is 9.36 Å². The minimum Gasteiger partial charge on any atom is -0.295 e. The maximum atomic E-state index is 13.9. The molecule has 2 heterocycles. The number of aryl methyl sites for hydroxylation is 2. The lowest BCUT2D eigenvalue weighted by atomic mass is 9.78. The van der Waals surface area contributed by atoms with E-state index in [0.29, 0.717) is 11.1 Å². The molecule has 0 fully saturated rings. The van der Waals surface area contributed by atoms with Crippen molar-refractivity contribution in [2.75, 3.05) is 0 Å². The van der Waals surface area contributed by atoms with Gasteiger partial charge in [-0.3, -0.25) is 19.8 Å². The molecule has 0 saturated heterocycles. The maximum Gasteiger partial charge on any atom is 0.275 e. The van der Waals surface area contributed by atoms with Crippen LogP contribution in [0.5, 0.6) is 0 Å². The molecule has 176 valence electrons. The largest absolute Gasteiger partial charge is 0.295 e. The van der Waals surface area contributed by atoms with Gasteiger partial charge < -0.3 is 0 Å². The third-order valence-electron chi connectivity index (χ3n) is 6.71. The van der Waals surface area contributed by atoms with E-state index in [-0.39, 0.29) is 17.0 Å². The van der Waals surface area contributed by atoms with Gasteiger partial charge in [-0.1, -0.05) is 73.7 Å². The molecular formula is C29H28N4O2.